The van der Waals surface area contributed by atoms with Crippen molar-refractivity contribution in [1.82, 2.24) is 0 Å². The van der Waals surface area contributed by atoms with Gasteiger partial charge < -0.3 is 10.6 Å². The van der Waals surface area contributed by atoms with Crippen LogP contribution in [0.1, 0.15) is 6.92 Å². The van der Waals surface area contributed by atoms with Crippen molar-refractivity contribution >= 4 is 23.0 Å². The van der Waals surface area contributed by atoms with Crippen LogP contribution in [-0.4, -0.2) is 5.91 Å². The summed E-state index contributed by atoms with van der Waals surface area (Å²) in [5.41, 5.74) is 1.17. The van der Waals surface area contributed by atoms with E-state index in [0.717, 1.165) is 18.2 Å². The van der Waals surface area contributed by atoms with E-state index in [0.29, 0.717) is 11.4 Å². The van der Waals surface area contributed by atoms with Gasteiger partial charge in [-0.2, -0.15) is 0 Å². The van der Waals surface area contributed by atoms with Gasteiger partial charge in [0.05, 0.1) is 5.69 Å². The van der Waals surface area contributed by atoms with Crippen LogP contribution in [0.4, 0.5) is 25.8 Å². The van der Waals surface area contributed by atoms with Crippen LogP contribution in [0.5, 0.6) is 0 Å². The fourth-order valence-electron chi connectivity index (χ4n) is 1.63. The highest BCUT2D eigenvalue weighted by Gasteiger charge is 2.05. The van der Waals surface area contributed by atoms with Crippen molar-refractivity contribution in [2.24, 2.45) is 0 Å². The van der Waals surface area contributed by atoms with Crippen molar-refractivity contribution in [3.8, 4) is 0 Å². The van der Waals surface area contributed by atoms with Crippen LogP contribution in [0.15, 0.2) is 42.5 Å². The number of hydrogen-bond donors (Lipinski definition) is 2. The average Bonchev–Trinajstić information content (AvgIpc) is 2.33. The van der Waals surface area contributed by atoms with Crippen LogP contribution in [0.3, 0.4) is 0 Å². The Balaban J connectivity index is 2.23. The van der Waals surface area contributed by atoms with Crippen molar-refractivity contribution in [3.05, 3.63) is 54.1 Å². The first-order chi connectivity index (χ1) is 9.04. The molecule has 19 heavy (non-hydrogen) atoms. The highest BCUT2D eigenvalue weighted by molar-refractivity contribution is 5.89. The van der Waals surface area contributed by atoms with Gasteiger partial charge in [-0.15, -0.1) is 0 Å². The Morgan fingerprint density at radius 3 is 2.53 bits per heavy atom. The third kappa shape index (κ3) is 3.51. The molecule has 98 valence electrons. The summed E-state index contributed by atoms with van der Waals surface area (Å²) in [6, 6.07) is 9.89. The Kier molecular flexibility index (Phi) is 3.75. The molecule has 0 saturated carbocycles. The van der Waals surface area contributed by atoms with Gasteiger partial charge in [-0.3, -0.25) is 4.79 Å². The minimum absolute atomic E-state index is 0.0416. The molecule has 5 heteroatoms. The topological polar surface area (TPSA) is 41.1 Å². The van der Waals surface area contributed by atoms with Crippen LogP contribution < -0.4 is 10.6 Å². The minimum Gasteiger partial charge on any atom is -0.353 e. The molecule has 2 aromatic carbocycles. The molecule has 0 spiro atoms. The van der Waals surface area contributed by atoms with Crippen LogP contribution in [0.2, 0.25) is 0 Å². The van der Waals surface area contributed by atoms with E-state index in [4.69, 9.17) is 0 Å². The summed E-state index contributed by atoms with van der Waals surface area (Å²) in [4.78, 5) is 10.9. The van der Waals surface area contributed by atoms with E-state index in [2.05, 4.69) is 10.6 Å². The maximum Gasteiger partial charge on any atom is 0.221 e. The van der Waals surface area contributed by atoms with Crippen molar-refractivity contribution in [1.29, 1.82) is 0 Å². The molecule has 0 heterocycles. The molecular weight excluding hydrogens is 250 g/mol. The lowest BCUT2D eigenvalue weighted by Gasteiger charge is -2.09. The number of carbonyl (C=O) groups is 1. The van der Waals surface area contributed by atoms with E-state index in [-0.39, 0.29) is 11.6 Å². The first-order valence-electron chi connectivity index (χ1n) is 5.64. The molecule has 2 N–H and O–H groups in total. The number of hydrogen-bond acceptors (Lipinski definition) is 2. The zero-order valence-corrected chi connectivity index (χ0v) is 10.2. The largest absolute Gasteiger partial charge is 0.353 e. The SMILES string of the molecule is CC(=O)Nc1cccc(Nc2cc(F)ccc2F)c1. The molecule has 0 aliphatic heterocycles. The Morgan fingerprint density at radius 1 is 1.05 bits per heavy atom. The summed E-state index contributed by atoms with van der Waals surface area (Å²) in [6.45, 7) is 1.40. The van der Waals surface area contributed by atoms with Gasteiger partial charge in [0, 0.05) is 24.4 Å². The number of carbonyl (C=O) groups excluding carboxylic acids is 1. The number of anilines is 3. The number of nitrogens with one attached hydrogen (secondary N) is 2. The van der Waals surface area contributed by atoms with E-state index in [9.17, 15) is 13.6 Å². The molecule has 0 aromatic heterocycles. The standard InChI is InChI=1S/C14H12F2N2O/c1-9(19)17-11-3-2-4-12(8-11)18-14-7-10(15)5-6-13(14)16/h2-8,18H,1H3,(H,17,19). The Hall–Kier alpha value is -2.43. The van der Waals surface area contributed by atoms with Crippen LogP contribution >= 0.6 is 0 Å². The molecule has 0 aliphatic rings. The van der Waals surface area contributed by atoms with E-state index in [1.807, 2.05) is 0 Å². The normalized spacial score (nSPS) is 10.1. The Bertz CT molecular complexity index is 614. The molecule has 0 saturated heterocycles. The van der Waals surface area contributed by atoms with Gasteiger partial charge in [0.2, 0.25) is 5.91 Å². The monoisotopic (exact) mass is 262 g/mol. The smallest absolute Gasteiger partial charge is 0.221 e. The van der Waals surface area contributed by atoms with Gasteiger partial charge in [-0.1, -0.05) is 6.07 Å². The number of benzene rings is 2. The predicted octanol–water partition coefficient (Wildman–Crippen LogP) is 3.67. The number of halogens is 2. The molecule has 0 unspecified atom stereocenters. The van der Waals surface area contributed by atoms with E-state index < -0.39 is 11.6 Å². The summed E-state index contributed by atoms with van der Waals surface area (Å²) < 4.78 is 26.5. The third-order valence-corrected chi connectivity index (χ3v) is 2.39. The van der Waals surface area contributed by atoms with Crippen LogP contribution in [-0.2, 0) is 4.79 Å². The van der Waals surface area contributed by atoms with Gasteiger partial charge in [-0.25, -0.2) is 8.78 Å². The minimum atomic E-state index is -0.550. The lowest BCUT2D eigenvalue weighted by molar-refractivity contribution is -0.114. The van der Waals surface area contributed by atoms with Crippen molar-refractivity contribution in [2.45, 2.75) is 6.92 Å². The lowest BCUT2D eigenvalue weighted by Crippen LogP contribution is -2.05. The van der Waals surface area contributed by atoms with Crippen molar-refractivity contribution < 1.29 is 13.6 Å². The summed E-state index contributed by atoms with van der Waals surface area (Å²) in [6.07, 6.45) is 0. The second-order valence-electron chi connectivity index (χ2n) is 4.01. The maximum absolute atomic E-state index is 13.5. The Labute approximate surface area is 109 Å². The molecular formula is C14H12F2N2O. The Morgan fingerprint density at radius 2 is 1.79 bits per heavy atom. The third-order valence-electron chi connectivity index (χ3n) is 2.39. The lowest BCUT2D eigenvalue weighted by atomic mass is 10.2. The van der Waals surface area contributed by atoms with Gasteiger partial charge in [0.15, 0.2) is 0 Å². The predicted molar refractivity (Wildman–Crippen MR) is 70.4 cm³/mol. The molecule has 2 rings (SSSR count). The molecule has 0 fully saturated rings. The molecule has 0 atom stereocenters. The van der Waals surface area contributed by atoms with Gasteiger partial charge in [0.25, 0.3) is 0 Å². The van der Waals surface area contributed by atoms with Crippen molar-refractivity contribution in [2.75, 3.05) is 10.6 Å². The molecule has 0 aliphatic carbocycles. The molecule has 3 nitrogen and oxygen atoms in total. The molecule has 2 aromatic rings. The zero-order valence-electron chi connectivity index (χ0n) is 10.2. The highest BCUT2D eigenvalue weighted by Crippen LogP contribution is 2.23. The molecule has 0 bridgehead atoms. The van der Waals surface area contributed by atoms with Gasteiger partial charge in [-0.05, 0) is 30.3 Å². The highest BCUT2D eigenvalue weighted by atomic mass is 19.1. The molecule has 0 radical (unpaired) electrons. The summed E-state index contributed by atoms with van der Waals surface area (Å²) in [5.74, 6) is -1.28. The summed E-state index contributed by atoms with van der Waals surface area (Å²) in [7, 11) is 0. The number of amides is 1. The first-order valence-corrected chi connectivity index (χ1v) is 5.64. The van der Waals surface area contributed by atoms with Crippen LogP contribution in [0, 0.1) is 11.6 Å². The second-order valence-corrected chi connectivity index (χ2v) is 4.01. The fourth-order valence-corrected chi connectivity index (χ4v) is 1.63. The second kappa shape index (κ2) is 5.48. The van der Waals surface area contributed by atoms with E-state index in [1.54, 1.807) is 24.3 Å². The average molecular weight is 262 g/mol. The maximum atomic E-state index is 13.5. The van der Waals surface area contributed by atoms with E-state index in [1.165, 1.54) is 6.92 Å². The summed E-state index contributed by atoms with van der Waals surface area (Å²) in [5, 5.41) is 5.37. The van der Waals surface area contributed by atoms with Gasteiger partial charge in [0.1, 0.15) is 11.6 Å². The number of rotatable bonds is 3. The molecule has 1 amide bonds. The first kappa shape index (κ1) is 13.0. The van der Waals surface area contributed by atoms with E-state index >= 15 is 0 Å². The summed E-state index contributed by atoms with van der Waals surface area (Å²) >= 11 is 0. The zero-order chi connectivity index (χ0) is 13.8. The van der Waals surface area contributed by atoms with Gasteiger partial charge >= 0.3 is 0 Å². The quantitative estimate of drug-likeness (QED) is 0.886. The van der Waals surface area contributed by atoms with Crippen molar-refractivity contribution in [3.63, 3.8) is 0 Å². The van der Waals surface area contributed by atoms with Crippen LogP contribution in [0.25, 0.3) is 0 Å². The fraction of sp³-hybridized carbons (Fsp3) is 0.0714.